The zero-order valence-corrected chi connectivity index (χ0v) is 10.8. The average molecular weight is 261 g/mol. The van der Waals surface area contributed by atoms with Crippen LogP contribution in [0.2, 0.25) is 5.02 Å². The van der Waals surface area contributed by atoms with Crippen LogP contribution in [0.4, 0.5) is 0 Å². The Labute approximate surface area is 106 Å². The van der Waals surface area contributed by atoms with Crippen LogP contribution in [0.25, 0.3) is 0 Å². The lowest BCUT2D eigenvalue weighted by molar-refractivity contribution is 0.0684. The summed E-state index contributed by atoms with van der Waals surface area (Å²) in [6.45, 7) is 2.81. The molecule has 96 valence electrons. The number of carbonyl (C=O) groups is 1. The molecule has 1 rings (SSSR count). The maximum absolute atomic E-state index is 10.9. The standard InChI is InChI=1S/C11H17ClN2O3/c1-13(5-6-17-2)3-4-14-8-9(12)7-10(14)11(15)16/h7-8H,3-6H2,1-2H3,(H,15,16). The fraction of sp³-hybridized carbons (Fsp3) is 0.545. The van der Waals surface area contributed by atoms with Gasteiger partial charge in [0.2, 0.25) is 0 Å². The second-order valence-electron chi connectivity index (χ2n) is 3.84. The van der Waals surface area contributed by atoms with Gasteiger partial charge in [0.15, 0.2) is 0 Å². The number of aromatic carboxylic acids is 1. The van der Waals surface area contributed by atoms with Gasteiger partial charge < -0.3 is 19.3 Å². The molecule has 0 aliphatic heterocycles. The van der Waals surface area contributed by atoms with Crippen molar-refractivity contribution in [2.75, 3.05) is 33.9 Å². The number of aromatic nitrogens is 1. The zero-order chi connectivity index (χ0) is 12.8. The summed E-state index contributed by atoms with van der Waals surface area (Å²) in [4.78, 5) is 13.0. The first kappa shape index (κ1) is 14.0. The van der Waals surface area contributed by atoms with Gasteiger partial charge in [-0.3, -0.25) is 0 Å². The molecule has 0 fully saturated rings. The molecule has 0 aliphatic rings. The molecule has 0 unspecified atom stereocenters. The van der Waals surface area contributed by atoms with Crippen molar-refractivity contribution in [3.63, 3.8) is 0 Å². The number of carboxylic acids is 1. The number of nitrogens with zero attached hydrogens (tertiary/aromatic N) is 2. The van der Waals surface area contributed by atoms with Gasteiger partial charge in [-0.05, 0) is 13.1 Å². The minimum absolute atomic E-state index is 0.218. The van der Waals surface area contributed by atoms with Crippen LogP contribution < -0.4 is 0 Å². The normalized spacial score (nSPS) is 11.1. The average Bonchev–Trinajstić information content (AvgIpc) is 2.65. The Balaban J connectivity index is 2.53. The van der Waals surface area contributed by atoms with Crippen LogP contribution in [-0.4, -0.2) is 54.4 Å². The third-order valence-corrected chi connectivity index (χ3v) is 2.69. The lowest BCUT2D eigenvalue weighted by Gasteiger charge is -2.16. The Bertz CT molecular complexity index is 379. The number of methoxy groups -OCH3 is 1. The number of hydrogen-bond acceptors (Lipinski definition) is 3. The molecule has 17 heavy (non-hydrogen) atoms. The van der Waals surface area contributed by atoms with Gasteiger partial charge in [-0.15, -0.1) is 0 Å². The van der Waals surface area contributed by atoms with Crippen molar-refractivity contribution in [3.8, 4) is 0 Å². The lowest BCUT2D eigenvalue weighted by Crippen LogP contribution is -2.27. The van der Waals surface area contributed by atoms with Crippen molar-refractivity contribution < 1.29 is 14.6 Å². The molecule has 0 amide bonds. The molecule has 1 aromatic heterocycles. The molecule has 1 N–H and O–H groups in total. The molecule has 0 atom stereocenters. The van der Waals surface area contributed by atoms with Crippen molar-refractivity contribution >= 4 is 17.6 Å². The summed E-state index contributed by atoms with van der Waals surface area (Å²) >= 11 is 5.79. The number of likely N-dealkylation sites (N-methyl/N-ethyl adjacent to an activating group) is 1. The quantitative estimate of drug-likeness (QED) is 0.806. The SMILES string of the molecule is COCCN(C)CCn1cc(Cl)cc1C(=O)O. The van der Waals surface area contributed by atoms with Gasteiger partial charge in [0.05, 0.1) is 11.6 Å². The highest BCUT2D eigenvalue weighted by Gasteiger charge is 2.11. The second kappa shape index (κ2) is 6.64. The number of carboxylic acid groups (broad SMARTS) is 1. The van der Waals surface area contributed by atoms with Gasteiger partial charge in [-0.2, -0.15) is 0 Å². The molecular weight excluding hydrogens is 244 g/mol. The van der Waals surface area contributed by atoms with Crippen molar-refractivity contribution in [2.24, 2.45) is 0 Å². The lowest BCUT2D eigenvalue weighted by atomic mass is 10.4. The Kier molecular flexibility index (Phi) is 5.47. The monoisotopic (exact) mass is 260 g/mol. The third kappa shape index (κ3) is 4.38. The molecule has 1 aromatic rings. The van der Waals surface area contributed by atoms with Crippen LogP contribution in [-0.2, 0) is 11.3 Å². The second-order valence-corrected chi connectivity index (χ2v) is 4.27. The fourth-order valence-electron chi connectivity index (χ4n) is 1.48. The van der Waals surface area contributed by atoms with E-state index in [1.165, 1.54) is 6.07 Å². The summed E-state index contributed by atoms with van der Waals surface area (Å²) in [7, 11) is 3.62. The Morgan fingerprint density at radius 3 is 2.88 bits per heavy atom. The van der Waals surface area contributed by atoms with E-state index >= 15 is 0 Å². The number of rotatable bonds is 7. The minimum Gasteiger partial charge on any atom is -0.477 e. The summed E-state index contributed by atoms with van der Waals surface area (Å²) < 4.78 is 6.61. The summed E-state index contributed by atoms with van der Waals surface area (Å²) in [6, 6.07) is 1.46. The fourth-order valence-corrected chi connectivity index (χ4v) is 1.70. The molecule has 0 aromatic carbocycles. The molecule has 5 nitrogen and oxygen atoms in total. The molecule has 6 heteroatoms. The molecule has 0 radical (unpaired) electrons. The van der Waals surface area contributed by atoms with E-state index in [2.05, 4.69) is 4.90 Å². The van der Waals surface area contributed by atoms with E-state index in [0.717, 1.165) is 13.1 Å². The van der Waals surface area contributed by atoms with E-state index < -0.39 is 5.97 Å². The van der Waals surface area contributed by atoms with Crippen molar-refractivity contribution in [1.82, 2.24) is 9.47 Å². The highest BCUT2D eigenvalue weighted by molar-refractivity contribution is 6.30. The minimum atomic E-state index is -0.962. The summed E-state index contributed by atoms with van der Waals surface area (Å²) in [5, 5.41) is 9.42. The first-order valence-electron chi connectivity index (χ1n) is 5.31. The number of hydrogen-bond donors (Lipinski definition) is 1. The smallest absolute Gasteiger partial charge is 0.352 e. The van der Waals surface area contributed by atoms with Gasteiger partial charge >= 0.3 is 5.97 Å². The van der Waals surface area contributed by atoms with Crippen molar-refractivity contribution in [3.05, 3.63) is 23.0 Å². The summed E-state index contributed by atoms with van der Waals surface area (Å²) in [5.41, 5.74) is 0.218. The first-order chi connectivity index (χ1) is 8.04. The maximum atomic E-state index is 10.9. The highest BCUT2D eigenvalue weighted by Crippen LogP contribution is 2.14. The number of halogens is 1. The van der Waals surface area contributed by atoms with Crippen LogP contribution >= 0.6 is 11.6 Å². The first-order valence-corrected chi connectivity index (χ1v) is 5.69. The predicted molar refractivity (Wildman–Crippen MR) is 65.8 cm³/mol. The van der Waals surface area contributed by atoms with E-state index in [1.54, 1.807) is 17.9 Å². The van der Waals surface area contributed by atoms with E-state index in [4.69, 9.17) is 21.4 Å². The molecule has 1 heterocycles. The molecule has 0 bridgehead atoms. The molecule has 0 saturated heterocycles. The maximum Gasteiger partial charge on any atom is 0.352 e. The predicted octanol–water partition coefficient (Wildman–Crippen LogP) is 1.42. The van der Waals surface area contributed by atoms with Crippen LogP contribution in [0, 0.1) is 0 Å². The zero-order valence-electron chi connectivity index (χ0n) is 10.0. The van der Waals surface area contributed by atoms with Crippen LogP contribution in [0.3, 0.4) is 0 Å². The Morgan fingerprint density at radius 1 is 1.59 bits per heavy atom. The molecule has 0 spiro atoms. The van der Waals surface area contributed by atoms with Gasteiger partial charge in [0.1, 0.15) is 5.69 Å². The van der Waals surface area contributed by atoms with E-state index in [9.17, 15) is 4.79 Å². The largest absolute Gasteiger partial charge is 0.477 e. The van der Waals surface area contributed by atoms with Crippen molar-refractivity contribution in [2.45, 2.75) is 6.54 Å². The molecular formula is C11H17ClN2O3. The summed E-state index contributed by atoms with van der Waals surface area (Å²) in [5.74, 6) is -0.962. The molecule has 0 aliphatic carbocycles. The number of ether oxygens (including phenoxy) is 1. The highest BCUT2D eigenvalue weighted by atomic mass is 35.5. The van der Waals surface area contributed by atoms with Crippen molar-refractivity contribution in [1.29, 1.82) is 0 Å². The molecule has 0 saturated carbocycles. The summed E-state index contributed by atoms with van der Waals surface area (Å²) in [6.07, 6.45) is 1.63. The van der Waals surface area contributed by atoms with E-state index in [-0.39, 0.29) is 5.69 Å². The van der Waals surface area contributed by atoms with E-state index in [0.29, 0.717) is 18.2 Å². The van der Waals surface area contributed by atoms with Gasteiger partial charge in [-0.25, -0.2) is 4.79 Å². The Morgan fingerprint density at radius 2 is 2.29 bits per heavy atom. The van der Waals surface area contributed by atoms with Gasteiger partial charge in [0, 0.05) is 32.9 Å². The van der Waals surface area contributed by atoms with Crippen LogP contribution in [0.5, 0.6) is 0 Å². The van der Waals surface area contributed by atoms with Crippen LogP contribution in [0.1, 0.15) is 10.5 Å². The Hall–Kier alpha value is -1.04. The van der Waals surface area contributed by atoms with E-state index in [1.807, 2.05) is 7.05 Å². The van der Waals surface area contributed by atoms with Gasteiger partial charge in [-0.1, -0.05) is 11.6 Å². The third-order valence-electron chi connectivity index (χ3n) is 2.48. The topological polar surface area (TPSA) is 54.7 Å². The van der Waals surface area contributed by atoms with Crippen LogP contribution in [0.15, 0.2) is 12.3 Å². The van der Waals surface area contributed by atoms with Gasteiger partial charge in [0.25, 0.3) is 0 Å².